The van der Waals surface area contributed by atoms with Gasteiger partial charge in [0.1, 0.15) is 5.75 Å². The largest absolute Gasteiger partial charge is 0.439 e. The topological polar surface area (TPSA) is 65.2 Å². The molecule has 0 bridgehead atoms. The quantitative estimate of drug-likeness (QED) is 0.746. The van der Waals surface area contributed by atoms with Gasteiger partial charge in [-0.15, -0.1) is 0 Å². The van der Waals surface area contributed by atoms with Gasteiger partial charge in [0.15, 0.2) is 0 Å². The summed E-state index contributed by atoms with van der Waals surface area (Å²) >= 11 is 0. The van der Waals surface area contributed by atoms with Gasteiger partial charge in [0.25, 0.3) is 0 Å². The molecule has 1 heterocycles. The summed E-state index contributed by atoms with van der Waals surface area (Å²) in [6, 6.07) is 11.3. The van der Waals surface area contributed by atoms with E-state index in [0.29, 0.717) is 11.4 Å². The lowest BCUT2D eigenvalue weighted by Crippen LogP contribution is -2.10. The number of hydrogen-bond donors (Lipinski definition) is 1. The molecule has 0 saturated carbocycles. The van der Waals surface area contributed by atoms with Gasteiger partial charge in [0.2, 0.25) is 11.8 Å². The number of aromatic nitrogens is 1. The van der Waals surface area contributed by atoms with Crippen molar-refractivity contribution in [1.29, 1.82) is 0 Å². The van der Waals surface area contributed by atoms with E-state index in [2.05, 4.69) is 24.0 Å². The fraction of sp³-hybridized carbons (Fsp3) is 0.333. The summed E-state index contributed by atoms with van der Waals surface area (Å²) in [5.74, 6) is 0.684. The van der Waals surface area contributed by atoms with Crippen molar-refractivity contribution in [2.24, 2.45) is 5.73 Å². The van der Waals surface area contributed by atoms with Crippen molar-refractivity contribution < 1.29 is 9.53 Å². The Kier molecular flexibility index (Phi) is 5.95. The van der Waals surface area contributed by atoms with Gasteiger partial charge in [-0.1, -0.05) is 38.3 Å². The van der Waals surface area contributed by atoms with Crippen LogP contribution in [0.5, 0.6) is 11.6 Å². The third-order valence-corrected chi connectivity index (χ3v) is 3.49. The van der Waals surface area contributed by atoms with Crippen LogP contribution in [0.2, 0.25) is 0 Å². The Morgan fingerprint density at radius 3 is 2.45 bits per heavy atom. The molecule has 1 aromatic carbocycles. The normalized spacial score (nSPS) is 10.4. The number of ether oxygens (including phenoxy) is 1. The number of carbonyl (C=O) groups is 1. The molecule has 0 aliphatic heterocycles. The van der Waals surface area contributed by atoms with Crippen LogP contribution in [0.25, 0.3) is 0 Å². The first-order valence-electron chi connectivity index (χ1n) is 7.71. The number of benzene rings is 1. The predicted octanol–water partition coefficient (Wildman–Crippen LogP) is 4.10. The Morgan fingerprint density at radius 1 is 1.09 bits per heavy atom. The fourth-order valence-electron chi connectivity index (χ4n) is 2.19. The van der Waals surface area contributed by atoms with Crippen LogP contribution < -0.4 is 10.5 Å². The molecule has 22 heavy (non-hydrogen) atoms. The second-order valence-corrected chi connectivity index (χ2v) is 5.31. The minimum atomic E-state index is -0.494. The van der Waals surface area contributed by atoms with Crippen molar-refractivity contribution in [2.75, 3.05) is 0 Å². The maximum absolute atomic E-state index is 11.0. The molecule has 116 valence electrons. The van der Waals surface area contributed by atoms with Gasteiger partial charge in [0, 0.05) is 12.3 Å². The summed E-state index contributed by atoms with van der Waals surface area (Å²) in [6.45, 7) is 2.22. The molecule has 0 fully saturated rings. The molecule has 1 amide bonds. The van der Waals surface area contributed by atoms with Crippen molar-refractivity contribution in [2.45, 2.75) is 39.0 Å². The first kappa shape index (κ1) is 16.0. The van der Waals surface area contributed by atoms with Crippen LogP contribution in [-0.2, 0) is 6.42 Å². The van der Waals surface area contributed by atoms with E-state index < -0.39 is 5.91 Å². The molecule has 1 aromatic heterocycles. The Hall–Kier alpha value is -2.36. The zero-order valence-corrected chi connectivity index (χ0v) is 12.9. The van der Waals surface area contributed by atoms with Gasteiger partial charge in [0.05, 0.1) is 5.56 Å². The molecule has 0 aliphatic carbocycles. The predicted molar refractivity (Wildman–Crippen MR) is 87.1 cm³/mol. The van der Waals surface area contributed by atoms with Gasteiger partial charge >= 0.3 is 0 Å². The highest BCUT2D eigenvalue weighted by Crippen LogP contribution is 2.20. The molecule has 2 aromatic rings. The van der Waals surface area contributed by atoms with Crippen LogP contribution in [0.3, 0.4) is 0 Å². The molecule has 2 N–H and O–H groups in total. The van der Waals surface area contributed by atoms with Gasteiger partial charge < -0.3 is 10.5 Å². The molecule has 0 aliphatic rings. The Bertz CT molecular complexity index is 591. The summed E-state index contributed by atoms with van der Waals surface area (Å²) < 4.78 is 5.65. The highest BCUT2D eigenvalue weighted by atomic mass is 16.5. The number of unbranched alkanes of at least 4 members (excludes halogenated alkanes) is 3. The van der Waals surface area contributed by atoms with E-state index in [0.717, 1.165) is 12.2 Å². The highest BCUT2D eigenvalue weighted by molar-refractivity contribution is 5.92. The number of primary amides is 1. The van der Waals surface area contributed by atoms with E-state index in [-0.39, 0.29) is 0 Å². The smallest absolute Gasteiger partial charge is 0.250 e. The molecule has 0 radical (unpaired) electrons. The van der Waals surface area contributed by atoms with Gasteiger partial charge in [-0.3, -0.25) is 4.79 Å². The number of nitrogens with zero attached hydrogens (tertiary/aromatic N) is 1. The lowest BCUT2D eigenvalue weighted by Gasteiger charge is -2.06. The summed E-state index contributed by atoms with van der Waals surface area (Å²) in [6.07, 6.45) is 7.59. The number of nitrogens with two attached hydrogens (primary N) is 1. The number of amides is 1. The van der Waals surface area contributed by atoms with Crippen molar-refractivity contribution in [3.63, 3.8) is 0 Å². The Balaban J connectivity index is 1.89. The first-order chi connectivity index (χ1) is 10.7. The molecule has 0 unspecified atom stereocenters. The maximum Gasteiger partial charge on any atom is 0.250 e. The fourth-order valence-corrected chi connectivity index (χ4v) is 2.19. The minimum absolute atomic E-state index is 0.370. The zero-order chi connectivity index (χ0) is 15.8. The second-order valence-electron chi connectivity index (χ2n) is 5.31. The summed E-state index contributed by atoms with van der Waals surface area (Å²) in [5, 5.41) is 0. The third kappa shape index (κ3) is 4.88. The number of aryl methyl sites for hydroxylation is 1. The molecular formula is C18H22N2O2. The molecule has 4 nitrogen and oxygen atoms in total. The van der Waals surface area contributed by atoms with E-state index >= 15 is 0 Å². The van der Waals surface area contributed by atoms with Gasteiger partial charge in [-0.2, -0.15) is 0 Å². The molecular weight excluding hydrogens is 276 g/mol. The van der Waals surface area contributed by atoms with Crippen LogP contribution >= 0.6 is 0 Å². The van der Waals surface area contributed by atoms with Crippen LogP contribution in [0.4, 0.5) is 0 Å². The van der Waals surface area contributed by atoms with E-state index in [1.165, 1.54) is 37.4 Å². The van der Waals surface area contributed by atoms with Crippen LogP contribution in [0.1, 0.15) is 48.5 Å². The van der Waals surface area contributed by atoms with Gasteiger partial charge in [-0.05, 0) is 36.6 Å². The van der Waals surface area contributed by atoms with E-state index in [1.54, 1.807) is 12.1 Å². The molecule has 2 rings (SSSR count). The lowest BCUT2D eigenvalue weighted by atomic mass is 10.1. The summed E-state index contributed by atoms with van der Waals surface area (Å²) in [5.41, 5.74) is 6.86. The number of rotatable bonds is 8. The van der Waals surface area contributed by atoms with Crippen molar-refractivity contribution in [1.82, 2.24) is 4.98 Å². The highest BCUT2D eigenvalue weighted by Gasteiger charge is 2.03. The lowest BCUT2D eigenvalue weighted by molar-refractivity contribution is 0.1000. The first-order valence-corrected chi connectivity index (χ1v) is 7.71. The SMILES string of the molecule is CCCCCCc1ccc(Oc2ccc(C(N)=O)cn2)cc1. The average molecular weight is 298 g/mol. The number of carbonyl (C=O) groups excluding carboxylic acids is 1. The number of pyridine rings is 1. The molecule has 0 saturated heterocycles. The van der Waals surface area contributed by atoms with Gasteiger partial charge in [-0.25, -0.2) is 4.98 Å². The Labute approximate surface area is 131 Å². The average Bonchev–Trinajstić information content (AvgIpc) is 2.54. The van der Waals surface area contributed by atoms with Crippen LogP contribution in [0, 0.1) is 0 Å². The second kappa shape index (κ2) is 8.17. The molecule has 4 heteroatoms. The number of hydrogen-bond acceptors (Lipinski definition) is 3. The van der Waals surface area contributed by atoms with Crippen LogP contribution in [-0.4, -0.2) is 10.9 Å². The Morgan fingerprint density at radius 2 is 1.86 bits per heavy atom. The minimum Gasteiger partial charge on any atom is -0.439 e. The van der Waals surface area contributed by atoms with Crippen molar-refractivity contribution >= 4 is 5.91 Å². The standard InChI is InChI=1S/C18H22N2O2/c1-2-3-4-5-6-14-7-10-16(11-8-14)22-17-12-9-15(13-20-17)18(19)21/h7-13H,2-6H2,1H3,(H2,19,21). The third-order valence-electron chi connectivity index (χ3n) is 3.49. The van der Waals surface area contributed by atoms with Crippen molar-refractivity contribution in [3.05, 3.63) is 53.7 Å². The summed E-state index contributed by atoms with van der Waals surface area (Å²) in [7, 11) is 0. The van der Waals surface area contributed by atoms with E-state index in [1.807, 2.05) is 12.1 Å². The maximum atomic E-state index is 11.0. The van der Waals surface area contributed by atoms with E-state index in [9.17, 15) is 4.79 Å². The van der Waals surface area contributed by atoms with E-state index in [4.69, 9.17) is 10.5 Å². The van der Waals surface area contributed by atoms with Crippen LogP contribution in [0.15, 0.2) is 42.6 Å². The molecule has 0 spiro atoms. The molecule has 0 atom stereocenters. The summed E-state index contributed by atoms with van der Waals surface area (Å²) in [4.78, 5) is 15.0. The monoisotopic (exact) mass is 298 g/mol. The van der Waals surface area contributed by atoms with Crippen molar-refractivity contribution in [3.8, 4) is 11.6 Å². The zero-order valence-electron chi connectivity index (χ0n) is 12.9.